The first-order valence-electron chi connectivity index (χ1n) is 5.76. The van der Waals surface area contributed by atoms with Crippen molar-refractivity contribution < 1.29 is 4.74 Å². The molecule has 1 aromatic rings. The number of nitrogens with zero attached hydrogens (tertiary/aromatic N) is 2. The molecule has 2 aliphatic rings. The summed E-state index contributed by atoms with van der Waals surface area (Å²) in [6.07, 6.45) is 1.92. The summed E-state index contributed by atoms with van der Waals surface area (Å²) in [5, 5.41) is 6.57. The Balaban J connectivity index is 1.84. The summed E-state index contributed by atoms with van der Waals surface area (Å²) in [5.74, 6) is 1.74. The second-order valence-electron chi connectivity index (χ2n) is 4.05. The zero-order valence-corrected chi connectivity index (χ0v) is 9.20. The maximum absolute atomic E-state index is 5.59. The molecule has 0 unspecified atom stereocenters. The second kappa shape index (κ2) is 4.17. The fourth-order valence-electron chi connectivity index (χ4n) is 2.10. The van der Waals surface area contributed by atoms with Gasteiger partial charge in [0.05, 0.1) is 18.4 Å². The van der Waals surface area contributed by atoms with E-state index >= 15 is 0 Å². The van der Waals surface area contributed by atoms with Gasteiger partial charge in [0.2, 0.25) is 0 Å². The number of anilines is 2. The average molecular weight is 220 g/mol. The third-order valence-corrected chi connectivity index (χ3v) is 2.97. The number of fused-ring (bicyclic) bond motifs is 1. The van der Waals surface area contributed by atoms with Gasteiger partial charge in [0.25, 0.3) is 0 Å². The molecule has 5 nitrogen and oxygen atoms in total. The number of hydrogen-bond acceptors (Lipinski definition) is 5. The molecule has 1 saturated heterocycles. The molecular weight excluding hydrogens is 204 g/mol. The van der Waals surface area contributed by atoms with Crippen molar-refractivity contribution in [2.45, 2.75) is 0 Å². The fourth-order valence-corrected chi connectivity index (χ4v) is 2.10. The number of ether oxygens (including phenoxy) is 1. The van der Waals surface area contributed by atoms with Crippen molar-refractivity contribution in [2.75, 3.05) is 49.5 Å². The average Bonchev–Trinajstić information content (AvgIpc) is 2.39. The lowest BCUT2D eigenvalue weighted by molar-refractivity contribution is 0.321. The van der Waals surface area contributed by atoms with Crippen LogP contribution in [0.1, 0.15) is 0 Å². The van der Waals surface area contributed by atoms with Crippen molar-refractivity contribution in [1.29, 1.82) is 0 Å². The van der Waals surface area contributed by atoms with Gasteiger partial charge in [0.1, 0.15) is 6.61 Å². The maximum atomic E-state index is 5.59. The van der Waals surface area contributed by atoms with Crippen LogP contribution in [0.5, 0.6) is 5.75 Å². The summed E-state index contributed by atoms with van der Waals surface area (Å²) in [6, 6.07) is 2.08. The highest BCUT2D eigenvalue weighted by Crippen LogP contribution is 2.29. The number of piperazine rings is 1. The Morgan fingerprint density at radius 3 is 3.00 bits per heavy atom. The summed E-state index contributed by atoms with van der Waals surface area (Å²) >= 11 is 0. The van der Waals surface area contributed by atoms with Gasteiger partial charge in [0.15, 0.2) is 11.6 Å². The minimum Gasteiger partial charge on any atom is -0.488 e. The Morgan fingerprint density at radius 1 is 1.25 bits per heavy atom. The molecule has 0 saturated carbocycles. The van der Waals surface area contributed by atoms with Crippen LogP contribution in [0.4, 0.5) is 11.5 Å². The van der Waals surface area contributed by atoms with E-state index < -0.39 is 0 Å². The van der Waals surface area contributed by atoms with E-state index in [9.17, 15) is 0 Å². The smallest absolute Gasteiger partial charge is 0.169 e. The van der Waals surface area contributed by atoms with Crippen molar-refractivity contribution in [2.24, 2.45) is 0 Å². The lowest BCUT2D eigenvalue weighted by Crippen LogP contribution is -2.43. The van der Waals surface area contributed by atoms with Gasteiger partial charge in [-0.1, -0.05) is 0 Å². The zero-order chi connectivity index (χ0) is 10.8. The molecule has 0 radical (unpaired) electrons. The molecule has 0 amide bonds. The summed E-state index contributed by atoms with van der Waals surface area (Å²) in [6.45, 7) is 5.71. The molecule has 5 heteroatoms. The minimum absolute atomic E-state index is 0.722. The van der Waals surface area contributed by atoms with E-state index in [1.54, 1.807) is 0 Å². The van der Waals surface area contributed by atoms with Gasteiger partial charge in [-0.3, -0.25) is 0 Å². The van der Waals surface area contributed by atoms with Crippen LogP contribution in [-0.2, 0) is 0 Å². The molecule has 16 heavy (non-hydrogen) atoms. The molecule has 0 aliphatic carbocycles. The van der Waals surface area contributed by atoms with E-state index in [1.807, 2.05) is 6.20 Å². The molecule has 0 bridgehead atoms. The van der Waals surface area contributed by atoms with E-state index in [1.165, 1.54) is 0 Å². The third-order valence-electron chi connectivity index (χ3n) is 2.97. The Labute approximate surface area is 94.8 Å². The number of aromatic nitrogens is 1. The summed E-state index contributed by atoms with van der Waals surface area (Å²) in [4.78, 5) is 6.73. The predicted molar refractivity (Wildman–Crippen MR) is 63.3 cm³/mol. The Hall–Kier alpha value is -1.49. The number of nitrogens with one attached hydrogen (secondary N) is 2. The fraction of sp³-hybridized carbons (Fsp3) is 0.545. The molecule has 2 aliphatic heterocycles. The third kappa shape index (κ3) is 1.78. The van der Waals surface area contributed by atoms with Crippen LogP contribution >= 0.6 is 0 Å². The number of pyridine rings is 1. The molecular formula is C11H16N4O. The van der Waals surface area contributed by atoms with Crippen LogP contribution in [-0.4, -0.2) is 44.3 Å². The SMILES string of the molecule is c1nc2c(cc1N1CCNCC1)OCCN2. The molecule has 0 atom stereocenters. The van der Waals surface area contributed by atoms with Crippen LogP contribution in [0.3, 0.4) is 0 Å². The normalized spacial score (nSPS) is 19.6. The van der Waals surface area contributed by atoms with Crippen LogP contribution in [0.2, 0.25) is 0 Å². The van der Waals surface area contributed by atoms with E-state index in [2.05, 4.69) is 26.6 Å². The molecule has 0 aromatic carbocycles. The van der Waals surface area contributed by atoms with Crippen molar-refractivity contribution in [1.82, 2.24) is 10.3 Å². The van der Waals surface area contributed by atoms with Crippen LogP contribution in [0, 0.1) is 0 Å². The van der Waals surface area contributed by atoms with Crippen molar-refractivity contribution in [3.8, 4) is 5.75 Å². The Morgan fingerprint density at radius 2 is 2.12 bits per heavy atom. The van der Waals surface area contributed by atoms with Gasteiger partial charge in [0, 0.05) is 32.2 Å². The topological polar surface area (TPSA) is 49.4 Å². The van der Waals surface area contributed by atoms with Gasteiger partial charge < -0.3 is 20.3 Å². The van der Waals surface area contributed by atoms with E-state index in [-0.39, 0.29) is 0 Å². The molecule has 0 spiro atoms. The van der Waals surface area contributed by atoms with Crippen LogP contribution in [0.25, 0.3) is 0 Å². The first-order valence-corrected chi connectivity index (χ1v) is 5.76. The molecule has 3 rings (SSSR count). The van der Waals surface area contributed by atoms with Crippen LogP contribution in [0.15, 0.2) is 12.3 Å². The van der Waals surface area contributed by atoms with E-state index in [0.717, 1.165) is 56.6 Å². The Kier molecular flexibility index (Phi) is 2.53. The van der Waals surface area contributed by atoms with Gasteiger partial charge in [-0.2, -0.15) is 0 Å². The molecule has 3 heterocycles. The van der Waals surface area contributed by atoms with E-state index in [4.69, 9.17) is 4.74 Å². The van der Waals surface area contributed by atoms with Gasteiger partial charge in [-0.15, -0.1) is 0 Å². The first kappa shape index (κ1) is 9.72. The highest BCUT2D eigenvalue weighted by atomic mass is 16.5. The summed E-state index contributed by atoms with van der Waals surface area (Å²) < 4.78 is 5.59. The van der Waals surface area contributed by atoms with E-state index in [0.29, 0.717) is 0 Å². The number of rotatable bonds is 1. The van der Waals surface area contributed by atoms with Crippen molar-refractivity contribution in [3.63, 3.8) is 0 Å². The standard InChI is InChI=1S/C11H16N4O/c1-4-15(5-2-12-1)9-7-10-11(14-8-9)13-3-6-16-10/h7-8,12H,1-6H2,(H,13,14). The summed E-state index contributed by atoms with van der Waals surface area (Å²) in [7, 11) is 0. The van der Waals surface area contributed by atoms with Gasteiger partial charge in [-0.25, -0.2) is 4.98 Å². The zero-order valence-electron chi connectivity index (χ0n) is 9.20. The highest BCUT2D eigenvalue weighted by Gasteiger charge is 2.15. The largest absolute Gasteiger partial charge is 0.488 e. The minimum atomic E-state index is 0.722. The van der Waals surface area contributed by atoms with Crippen molar-refractivity contribution in [3.05, 3.63) is 12.3 Å². The van der Waals surface area contributed by atoms with Gasteiger partial charge >= 0.3 is 0 Å². The lowest BCUT2D eigenvalue weighted by atomic mass is 10.3. The maximum Gasteiger partial charge on any atom is 0.169 e. The molecule has 2 N–H and O–H groups in total. The molecule has 1 fully saturated rings. The molecule has 1 aromatic heterocycles. The molecule has 86 valence electrons. The Bertz CT molecular complexity index is 376. The second-order valence-corrected chi connectivity index (χ2v) is 4.05. The summed E-state index contributed by atoms with van der Waals surface area (Å²) in [5.41, 5.74) is 1.16. The van der Waals surface area contributed by atoms with Crippen molar-refractivity contribution >= 4 is 11.5 Å². The van der Waals surface area contributed by atoms with Crippen LogP contribution < -0.4 is 20.3 Å². The highest BCUT2D eigenvalue weighted by molar-refractivity contribution is 5.60. The lowest BCUT2D eigenvalue weighted by Gasteiger charge is -2.30. The first-order chi connectivity index (χ1) is 7.93. The predicted octanol–water partition coefficient (Wildman–Crippen LogP) is 0.295. The number of hydrogen-bond donors (Lipinski definition) is 2. The van der Waals surface area contributed by atoms with Gasteiger partial charge in [-0.05, 0) is 0 Å². The monoisotopic (exact) mass is 220 g/mol. The quantitative estimate of drug-likeness (QED) is 0.712.